The molecule has 78 valence electrons. The van der Waals surface area contributed by atoms with Crippen LogP contribution in [0.1, 0.15) is 25.7 Å². The first kappa shape index (κ1) is 11.3. The van der Waals surface area contributed by atoms with Gasteiger partial charge in [0, 0.05) is 19.1 Å². The van der Waals surface area contributed by atoms with Gasteiger partial charge in [0.1, 0.15) is 0 Å². The first-order chi connectivity index (χ1) is 6.43. The molecule has 2 nitrogen and oxygen atoms in total. The van der Waals surface area contributed by atoms with Crippen LogP contribution in [-0.4, -0.2) is 32.2 Å². The molecule has 0 aromatic rings. The molecule has 1 heterocycles. The summed E-state index contributed by atoms with van der Waals surface area (Å²) in [5.41, 5.74) is 0. The molecule has 1 saturated heterocycles. The minimum Gasteiger partial charge on any atom is -0.381 e. The van der Waals surface area contributed by atoms with Gasteiger partial charge >= 0.3 is 0 Å². The van der Waals surface area contributed by atoms with Gasteiger partial charge in [-0.3, -0.25) is 0 Å². The molecule has 0 atom stereocenters. The number of alkyl halides is 1. The molecule has 1 aliphatic rings. The third-order valence-corrected chi connectivity index (χ3v) is 2.78. The quantitative estimate of drug-likeness (QED) is 0.529. The second-order valence-corrected chi connectivity index (χ2v) is 4.03. The van der Waals surface area contributed by atoms with Crippen LogP contribution in [0.4, 0.5) is 0 Å². The molecule has 0 bridgehead atoms. The SMILES string of the molecule is ClCCCCNCC1CCOCC1. The van der Waals surface area contributed by atoms with Crippen molar-refractivity contribution in [2.24, 2.45) is 5.92 Å². The van der Waals surface area contributed by atoms with Crippen molar-refractivity contribution in [2.75, 3.05) is 32.2 Å². The van der Waals surface area contributed by atoms with Gasteiger partial charge in [-0.15, -0.1) is 11.6 Å². The molecule has 0 unspecified atom stereocenters. The van der Waals surface area contributed by atoms with Gasteiger partial charge < -0.3 is 10.1 Å². The highest BCUT2D eigenvalue weighted by Gasteiger charge is 2.12. The zero-order chi connectivity index (χ0) is 9.36. The molecule has 0 spiro atoms. The molecule has 1 fully saturated rings. The number of halogens is 1. The minimum absolute atomic E-state index is 0.791. The lowest BCUT2D eigenvalue weighted by Crippen LogP contribution is -2.28. The molecule has 1 N–H and O–H groups in total. The maximum absolute atomic E-state index is 5.58. The van der Waals surface area contributed by atoms with E-state index < -0.39 is 0 Å². The van der Waals surface area contributed by atoms with Crippen LogP contribution >= 0.6 is 11.6 Å². The van der Waals surface area contributed by atoms with E-state index in [1.165, 1.54) is 19.3 Å². The van der Waals surface area contributed by atoms with Gasteiger partial charge in [-0.1, -0.05) is 0 Å². The maximum Gasteiger partial charge on any atom is 0.0469 e. The monoisotopic (exact) mass is 205 g/mol. The summed E-state index contributed by atoms with van der Waals surface area (Å²) in [5.74, 6) is 1.63. The van der Waals surface area contributed by atoms with E-state index in [0.717, 1.165) is 44.5 Å². The van der Waals surface area contributed by atoms with Gasteiger partial charge in [0.2, 0.25) is 0 Å². The number of rotatable bonds is 6. The van der Waals surface area contributed by atoms with Gasteiger partial charge in [0.05, 0.1) is 0 Å². The lowest BCUT2D eigenvalue weighted by molar-refractivity contribution is 0.0663. The van der Waals surface area contributed by atoms with Gasteiger partial charge in [0.15, 0.2) is 0 Å². The molecular weight excluding hydrogens is 186 g/mol. The Bertz CT molecular complexity index is 115. The molecule has 13 heavy (non-hydrogen) atoms. The Morgan fingerprint density at radius 1 is 1.23 bits per heavy atom. The third-order valence-electron chi connectivity index (χ3n) is 2.51. The van der Waals surface area contributed by atoms with E-state index in [4.69, 9.17) is 16.3 Å². The molecule has 1 rings (SSSR count). The van der Waals surface area contributed by atoms with E-state index in [9.17, 15) is 0 Å². The number of nitrogens with one attached hydrogen (secondary N) is 1. The fourth-order valence-corrected chi connectivity index (χ4v) is 1.79. The Balaban J connectivity index is 1.86. The van der Waals surface area contributed by atoms with Crippen LogP contribution in [0.15, 0.2) is 0 Å². The van der Waals surface area contributed by atoms with Crippen LogP contribution in [-0.2, 0) is 4.74 Å². The summed E-state index contributed by atoms with van der Waals surface area (Å²) >= 11 is 5.58. The Hall–Kier alpha value is 0.210. The number of ether oxygens (including phenoxy) is 1. The summed E-state index contributed by atoms with van der Waals surface area (Å²) in [5, 5.41) is 3.48. The first-order valence-corrected chi connectivity index (χ1v) is 5.81. The standard InChI is InChI=1S/C10H20ClNO/c11-5-1-2-6-12-9-10-3-7-13-8-4-10/h10,12H,1-9H2. The van der Waals surface area contributed by atoms with Crippen molar-refractivity contribution in [3.05, 3.63) is 0 Å². The van der Waals surface area contributed by atoms with Crippen molar-refractivity contribution >= 4 is 11.6 Å². The van der Waals surface area contributed by atoms with Gasteiger partial charge in [0.25, 0.3) is 0 Å². The maximum atomic E-state index is 5.58. The molecule has 0 amide bonds. The van der Waals surface area contributed by atoms with Gasteiger partial charge in [-0.05, 0) is 44.7 Å². The molecule has 0 saturated carbocycles. The molecule has 0 aliphatic carbocycles. The lowest BCUT2D eigenvalue weighted by Gasteiger charge is -2.22. The summed E-state index contributed by atoms with van der Waals surface area (Å²) in [4.78, 5) is 0. The average Bonchev–Trinajstić information content (AvgIpc) is 2.19. The fraction of sp³-hybridized carbons (Fsp3) is 1.00. The van der Waals surface area contributed by atoms with Crippen LogP contribution in [0.5, 0.6) is 0 Å². The number of unbranched alkanes of at least 4 members (excludes halogenated alkanes) is 1. The molecule has 3 heteroatoms. The highest BCUT2D eigenvalue weighted by atomic mass is 35.5. The summed E-state index contributed by atoms with van der Waals surface area (Å²) in [6.07, 6.45) is 4.78. The zero-order valence-electron chi connectivity index (χ0n) is 8.23. The Morgan fingerprint density at radius 3 is 2.69 bits per heavy atom. The van der Waals surface area contributed by atoms with E-state index in [2.05, 4.69) is 5.32 Å². The van der Waals surface area contributed by atoms with E-state index in [1.807, 2.05) is 0 Å². The summed E-state index contributed by atoms with van der Waals surface area (Å²) < 4.78 is 5.30. The van der Waals surface area contributed by atoms with Crippen LogP contribution in [0.2, 0.25) is 0 Å². The third kappa shape index (κ3) is 5.50. The van der Waals surface area contributed by atoms with Crippen molar-refractivity contribution < 1.29 is 4.74 Å². The average molecular weight is 206 g/mol. The number of hydrogen-bond acceptors (Lipinski definition) is 2. The topological polar surface area (TPSA) is 21.3 Å². The Morgan fingerprint density at radius 2 is 2.00 bits per heavy atom. The van der Waals surface area contributed by atoms with E-state index in [0.29, 0.717) is 0 Å². The van der Waals surface area contributed by atoms with Crippen LogP contribution in [0.3, 0.4) is 0 Å². The van der Waals surface area contributed by atoms with Gasteiger partial charge in [-0.25, -0.2) is 0 Å². The normalized spacial score (nSPS) is 19.2. The first-order valence-electron chi connectivity index (χ1n) is 5.28. The summed E-state index contributed by atoms with van der Waals surface area (Å²) in [6, 6.07) is 0. The second-order valence-electron chi connectivity index (χ2n) is 3.66. The van der Waals surface area contributed by atoms with E-state index in [1.54, 1.807) is 0 Å². The molecular formula is C10H20ClNO. The van der Waals surface area contributed by atoms with Crippen molar-refractivity contribution in [3.63, 3.8) is 0 Å². The highest BCUT2D eigenvalue weighted by Crippen LogP contribution is 2.12. The van der Waals surface area contributed by atoms with Crippen molar-refractivity contribution in [2.45, 2.75) is 25.7 Å². The molecule has 1 aliphatic heterocycles. The van der Waals surface area contributed by atoms with E-state index >= 15 is 0 Å². The minimum atomic E-state index is 0.791. The Labute approximate surface area is 86.0 Å². The summed E-state index contributed by atoms with van der Waals surface area (Å²) in [6.45, 7) is 4.18. The second kappa shape index (κ2) is 7.60. The van der Waals surface area contributed by atoms with Crippen LogP contribution in [0.25, 0.3) is 0 Å². The van der Waals surface area contributed by atoms with Crippen LogP contribution < -0.4 is 5.32 Å². The van der Waals surface area contributed by atoms with Crippen molar-refractivity contribution in [1.82, 2.24) is 5.32 Å². The summed E-state index contributed by atoms with van der Waals surface area (Å²) in [7, 11) is 0. The predicted octanol–water partition coefficient (Wildman–Crippen LogP) is 2.02. The highest BCUT2D eigenvalue weighted by molar-refractivity contribution is 6.17. The molecule has 0 radical (unpaired) electrons. The van der Waals surface area contributed by atoms with Crippen molar-refractivity contribution in [1.29, 1.82) is 0 Å². The van der Waals surface area contributed by atoms with Crippen molar-refractivity contribution in [3.8, 4) is 0 Å². The molecule has 0 aromatic heterocycles. The molecule has 0 aromatic carbocycles. The number of hydrogen-bond donors (Lipinski definition) is 1. The zero-order valence-corrected chi connectivity index (χ0v) is 8.98. The van der Waals surface area contributed by atoms with Gasteiger partial charge in [-0.2, -0.15) is 0 Å². The Kier molecular flexibility index (Phi) is 6.60. The predicted molar refractivity (Wildman–Crippen MR) is 56.4 cm³/mol. The fourth-order valence-electron chi connectivity index (χ4n) is 1.60. The smallest absolute Gasteiger partial charge is 0.0469 e. The van der Waals surface area contributed by atoms with E-state index in [-0.39, 0.29) is 0 Å². The lowest BCUT2D eigenvalue weighted by atomic mass is 10.0. The van der Waals surface area contributed by atoms with Crippen LogP contribution in [0, 0.1) is 5.92 Å². The largest absolute Gasteiger partial charge is 0.381 e.